The van der Waals surface area contributed by atoms with Crippen molar-refractivity contribution in [2.24, 2.45) is 0 Å². The lowest BCUT2D eigenvalue weighted by molar-refractivity contribution is 0.0903. The number of benzene rings is 1. The molecular formula is C23H25Cl2N7OS. The van der Waals surface area contributed by atoms with Gasteiger partial charge in [0, 0.05) is 50.9 Å². The van der Waals surface area contributed by atoms with E-state index in [2.05, 4.69) is 25.0 Å². The second-order valence-electron chi connectivity index (χ2n) is 8.81. The number of aromatic nitrogens is 5. The maximum atomic E-state index is 6.19. The van der Waals surface area contributed by atoms with E-state index < -0.39 is 0 Å². The van der Waals surface area contributed by atoms with Gasteiger partial charge in [0.1, 0.15) is 11.6 Å². The Bertz CT molecular complexity index is 1210. The van der Waals surface area contributed by atoms with E-state index in [0.717, 1.165) is 86.0 Å². The van der Waals surface area contributed by atoms with Gasteiger partial charge in [-0.15, -0.1) is 22.0 Å². The molecule has 1 fully saturated rings. The van der Waals surface area contributed by atoms with Crippen LogP contribution in [-0.4, -0.2) is 56.3 Å². The Morgan fingerprint density at radius 1 is 1.09 bits per heavy atom. The van der Waals surface area contributed by atoms with Crippen molar-refractivity contribution in [2.45, 2.75) is 49.7 Å². The van der Waals surface area contributed by atoms with E-state index in [0.29, 0.717) is 29.1 Å². The van der Waals surface area contributed by atoms with Crippen LogP contribution in [0.2, 0.25) is 10.0 Å². The second kappa shape index (κ2) is 9.53. The molecule has 0 unspecified atom stereocenters. The standard InChI is InChI=1S/C23H25Cl2N7OS/c24-16-2-1-14(11-17(16)25)12-19-29-30-20-13-31(6-7-32(19)20)23-27-18-5-10-34-21(18)22(28-23)26-15-3-8-33-9-4-15/h1-2,11,15H,3-10,12-13H2,(H,26,27,28). The van der Waals surface area contributed by atoms with Crippen molar-refractivity contribution in [3.05, 3.63) is 51.2 Å². The SMILES string of the molecule is Clc1ccc(Cc2nnc3n2CCN(c2nc4c(c(NC5CCOCC5)n2)SCC4)C3)cc1Cl. The molecule has 0 saturated carbocycles. The van der Waals surface area contributed by atoms with E-state index >= 15 is 0 Å². The fourth-order valence-electron chi connectivity index (χ4n) is 4.68. The fourth-order valence-corrected chi connectivity index (χ4v) is 6.06. The van der Waals surface area contributed by atoms with Gasteiger partial charge in [0.15, 0.2) is 5.82 Å². The maximum absolute atomic E-state index is 6.19. The van der Waals surface area contributed by atoms with Gasteiger partial charge in [-0.25, -0.2) is 4.98 Å². The molecule has 1 aromatic carbocycles. The van der Waals surface area contributed by atoms with Crippen LogP contribution in [0.4, 0.5) is 11.8 Å². The van der Waals surface area contributed by atoms with Crippen molar-refractivity contribution >= 4 is 46.7 Å². The highest BCUT2D eigenvalue weighted by Gasteiger charge is 2.27. The second-order valence-corrected chi connectivity index (χ2v) is 10.7. The van der Waals surface area contributed by atoms with Crippen LogP contribution >= 0.6 is 35.0 Å². The molecular weight excluding hydrogens is 493 g/mol. The molecule has 6 rings (SSSR count). The van der Waals surface area contributed by atoms with Crippen molar-refractivity contribution in [1.29, 1.82) is 0 Å². The Hall–Kier alpha value is -2.07. The quantitative estimate of drug-likeness (QED) is 0.538. The Balaban J connectivity index is 1.22. The molecule has 0 atom stereocenters. The lowest BCUT2D eigenvalue weighted by Gasteiger charge is -2.29. The molecule has 178 valence electrons. The zero-order valence-electron chi connectivity index (χ0n) is 18.6. The summed E-state index contributed by atoms with van der Waals surface area (Å²) >= 11 is 14.1. The Morgan fingerprint density at radius 2 is 1.97 bits per heavy atom. The van der Waals surface area contributed by atoms with Crippen LogP contribution in [0.25, 0.3) is 0 Å². The predicted molar refractivity (Wildman–Crippen MR) is 134 cm³/mol. The van der Waals surface area contributed by atoms with Crippen molar-refractivity contribution in [1.82, 2.24) is 24.7 Å². The molecule has 0 aliphatic carbocycles. The predicted octanol–water partition coefficient (Wildman–Crippen LogP) is 4.23. The summed E-state index contributed by atoms with van der Waals surface area (Å²) in [5.74, 6) is 4.67. The number of ether oxygens (including phenoxy) is 1. The number of aryl methyl sites for hydroxylation is 1. The number of halogens is 2. The molecule has 3 aromatic rings. The molecule has 34 heavy (non-hydrogen) atoms. The van der Waals surface area contributed by atoms with Crippen molar-refractivity contribution in [2.75, 3.05) is 35.7 Å². The number of hydrogen-bond donors (Lipinski definition) is 1. The Morgan fingerprint density at radius 3 is 2.82 bits per heavy atom. The number of thioether (sulfide) groups is 1. The van der Waals surface area contributed by atoms with Gasteiger partial charge >= 0.3 is 0 Å². The van der Waals surface area contributed by atoms with E-state index in [4.69, 9.17) is 37.9 Å². The third kappa shape index (κ3) is 4.46. The number of rotatable bonds is 5. The summed E-state index contributed by atoms with van der Waals surface area (Å²) in [7, 11) is 0. The topological polar surface area (TPSA) is 81.0 Å². The number of fused-ring (bicyclic) bond motifs is 2. The Labute approximate surface area is 212 Å². The summed E-state index contributed by atoms with van der Waals surface area (Å²) in [4.78, 5) is 13.3. The van der Waals surface area contributed by atoms with E-state index in [1.807, 2.05) is 30.0 Å². The average Bonchev–Trinajstić information content (AvgIpc) is 3.49. The third-order valence-corrected chi connectivity index (χ3v) is 8.40. The molecule has 11 heteroatoms. The highest BCUT2D eigenvalue weighted by Crippen LogP contribution is 2.37. The number of hydrogen-bond acceptors (Lipinski definition) is 8. The van der Waals surface area contributed by atoms with Crippen LogP contribution in [0.15, 0.2) is 23.1 Å². The number of nitrogens with zero attached hydrogens (tertiary/aromatic N) is 6. The first-order valence-corrected chi connectivity index (χ1v) is 13.4. The molecule has 8 nitrogen and oxygen atoms in total. The van der Waals surface area contributed by atoms with Gasteiger partial charge in [0.25, 0.3) is 0 Å². The molecule has 3 aliphatic heterocycles. The van der Waals surface area contributed by atoms with Gasteiger partial charge in [-0.05, 0) is 30.5 Å². The lowest BCUT2D eigenvalue weighted by Crippen LogP contribution is -2.36. The minimum absolute atomic E-state index is 0.398. The van der Waals surface area contributed by atoms with Crippen LogP contribution in [0.3, 0.4) is 0 Å². The first kappa shape index (κ1) is 22.4. The molecule has 0 amide bonds. The third-order valence-electron chi connectivity index (χ3n) is 6.53. The molecule has 3 aliphatic rings. The highest BCUT2D eigenvalue weighted by atomic mass is 35.5. The number of anilines is 2. The fraction of sp³-hybridized carbons (Fsp3) is 0.478. The highest BCUT2D eigenvalue weighted by molar-refractivity contribution is 7.99. The van der Waals surface area contributed by atoms with Crippen LogP contribution in [0.5, 0.6) is 0 Å². The molecule has 2 aromatic heterocycles. The van der Waals surface area contributed by atoms with E-state index in [1.165, 1.54) is 4.90 Å². The van der Waals surface area contributed by atoms with Gasteiger partial charge < -0.3 is 19.5 Å². The Kier molecular flexibility index (Phi) is 6.28. The van der Waals surface area contributed by atoms with Crippen molar-refractivity contribution < 1.29 is 4.74 Å². The normalized spacial score (nSPS) is 18.1. The summed E-state index contributed by atoms with van der Waals surface area (Å²) in [6, 6.07) is 6.09. The van der Waals surface area contributed by atoms with Crippen LogP contribution in [0, 0.1) is 0 Å². The zero-order chi connectivity index (χ0) is 23.1. The first-order valence-electron chi connectivity index (χ1n) is 11.6. The van der Waals surface area contributed by atoms with Crippen molar-refractivity contribution in [3.63, 3.8) is 0 Å². The summed E-state index contributed by atoms with van der Waals surface area (Å²) in [5, 5.41) is 13.8. The molecule has 5 heterocycles. The van der Waals surface area contributed by atoms with Gasteiger partial charge in [-0.3, -0.25) is 0 Å². The maximum Gasteiger partial charge on any atom is 0.228 e. The largest absolute Gasteiger partial charge is 0.381 e. The van der Waals surface area contributed by atoms with Crippen LogP contribution in [-0.2, 0) is 30.7 Å². The van der Waals surface area contributed by atoms with Crippen LogP contribution < -0.4 is 10.2 Å². The molecule has 0 radical (unpaired) electrons. The smallest absolute Gasteiger partial charge is 0.228 e. The van der Waals surface area contributed by atoms with Gasteiger partial charge in [0.2, 0.25) is 5.95 Å². The minimum atomic E-state index is 0.398. The van der Waals surface area contributed by atoms with E-state index in [1.54, 1.807) is 0 Å². The van der Waals surface area contributed by atoms with Gasteiger partial charge in [-0.1, -0.05) is 29.3 Å². The first-order chi connectivity index (χ1) is 16.6. The lowest BCUT2D eigenvalue weighted by atomic mass is 10.1. The summed E-state index contributed by atoms with van der Waals surface area (Å²) in [6.07, 6.45) is 3.66. The molecule has 0 bridgehead atoms. The average molecular weight is 518 g/mol. The van der Waals surface area contributed by atoms with Gasteiger partial charge in [0.05, 0.1) is 27.2 Å². The minimum Gasteiger partial charge on any atom is -0.381 e. The molecule has 1 N–H and O–H groups in total. The van der Waals surface area contributed by atoms with Crippen LogP contribution in [0.1, 0.15) is 35.7 Å². The van der Waals surface area contributed by atoms with E-state index in [9.17, 15) is 0 Å². The summed E-state index contributed by atoms with van der Waals surface area (Å²) in [5.41, 5.74) is 2.22. The monoisotopic (exact) mass is 517 g/mol. The summed E-state index contributed by atoms with van der Waals surface area (Å²) < 4.78 is 7.72. The molecule has 1 saturated heterocycles. The number of nitrogens with one attached hydrogen (secondary N) is 1. The summed E-state index contributed by atoms with van der Waals surface area (Å²) in [6.45, 7) is 3.84. The van der Waals surface area contributed by atoms with E-state index in [-0.39, 0.29) is 0 Å². The van der Waals surface area contributed by atoms with Crippen molar-refractivity contribution in [3.8, 4) is 0 Å². The van der Waals surface area contributed by atoms with Gasteiger partial charge in [-0.2, -0.15) is 4.98 Å². The molecule has 0 spiro atoms. The zero-order valence-corrected chi connectivity index (χ0v) is 21.0.